The molecule has 3 aromatic rings. The van der Waals surface area contributed by atoms with Crippen LogP contribution in [0.2, 0.25) is 0 Å². The maximum absolute atomic E-state index is 6.26. The first kappa shape index (κ1) is 18.6. The van der Waals surface area contributed by atoms with Crippen molar-refractivity contribution in [3.05, 3.63) is 28.5 Å². The lowest BCUT2D eigenvalue weighted by molar-refractivity contribution is 0.125. The van der Waals surface area contributed by atoms with Gasteiger partial charge < -0.3 is 20.4 Å². The standard InChI is InChI=1S/C19H25BrN6O/c1-2-27-12-16-24-17-18(26(16)10-9-25-7-5-22-6-8-25)14-4-3-13(20)11-15(14)23-19(17)21/h3-4,11,22H,2,5-10,12H2,1H3,(H2,21,23). The van der Waals surface area contributed by atoms with Crippen molar-refractivity contribution in [2.24, 2.45) is 0 Å². The summed E-state index contributed by atoms with van der Waals surface area (Å²) in [6, 6.07) is 6.12. The number of fused-ring (bicyclic) bond motifs is 3. The molecule has 1 fully saturated rings. The minimum absolute atomic E-state index is 0.467. The van der Waals surface area contributed by atoms with E-state index in [9.17, 15) is 0 Å². The zero-order chi connectivity index (χ0) is 18.8. The van der Waals surface area contributed by atoms with Crippen LogP contribution < -0.4 is 11.1 Å². The van der Waals surface area contributed by atoms with Crippen molar-refractivity contribution in [2.75, 3.05) is 45.1 Å². The summed E-state index contributed by atoms with van der Waals surface area (Å²) in [5, 5.41) is 4.47. The second kappa shape index (κ2) is 8.10. The fraction of sp³-hybridized carbons (Fsp3) is 0.474. The van der Waals surface area contributed by atoms with Gasteiger partial charge in [0, 0.05) is 55.7 Å². The van der Waals surface area contributed by atoms with Crippen LogP contribution in [0.3, 0.4) is 0 Å². The lowest BCUT2D eigenvalue weighted by Gasteiger charge is -2.27. The summed E-state index contributed by atoms with van der Waals surface area (Å²) in [4.78, 5) is 11.8. The molecule has 7 nitrogen and oxygen atoms in total. The van der Waals surface area contributed by atoms with E-state index in [1.54, 1.807) is 0 Å². The van der Waals surface area contributed by atoms with Crippen molar-refractivity contribution in [3.63, 3.8) is 0 Å². The van der Waals surface area contributed by atoms with E-state index >= 15 is 0 Å². The second-order valence-electron chi connectivity index (χ2n) is 6.76. The molecule has 1 aromatic carbocycles. The Kier molecular flexibility index (Phi) is 5.58. The predicted octanol–water partition coefficient (Wildman–Crippen LogP) is 2.37. The summed E-state index contributed by atoms with van der Waals surface area (Å²) in [5.74, 6) is 1.38. The van der Waals surface area contributed by atoms with Crippen molar-refractivity contribution in [2.45, 2.75) is 20.1 Å². The minimum atomic E-state index is 0.467. The molecule has 0 unspecified atom stereocenters. The summed E-state index contributed by atoms with van der Waals surface area (Å²) < 4.78 is 8.93. The Morgan fingerprint density at radius 1 is 1.22 bits per heavy atom. The zero-order valence-electron chi connectivity index (χ0n) is 15.5. The molecule has 0 amide bonds. The van der Waals surface area contributed by atoms with E-state index in [1.807, 2.05) is 19.1 Å². The van der Waals surface area contributed by atoms with Gasteiger partial charge in [0.15, 0.2) is 5.82 Å². The van der Waals surface area contributed by atoms with Gasteiger partial charge in [0.2, 0.25) is 0 Å². The van der Waals surface area contributed by atoms with Gasteiger partial charge in [-0.2, -0.15) is 0 Å². The fourth-order valence-corrected chi connectivity index (χ4v) is 4.00. The first-order valence-corrected chi connectivity index (χ1v) is 10.2. The Morgan fingerprint density at radius 2 is 2.04 bits per heavy atom. The highest BCUT2D eigenvalue weighted by atomic mass is 79.9. The summed E-state index contributed by atoms with van der Waals surface area (Å²) in [6.07, 6.45) is 0. The molecule has 4 rings (SSSR count). The van der Waals surface area contributed by atoms with E-state index in [4.69, 9.17) is 15.5 Å². The van der Waals surface area contributed by atoms with Crippen LogP contribution in [0, 0.1) is 0 Å². The zero-order valence-corrected chi connectivity index (χ0v) is 17.1. The predicted molar refractivity (Wildman–Crippen MR) is 112 cm³/mol. The van der Waals surface area contributed by atoms with Crippen LogP contribution >= 0.6 is 15.9 Å². The molecule has 0 aliphatic carbocycles. The lowest BCUT2D eigenvalue weighted by Crippen LogP contribution is -2.44. The summed E-state index contributed by atoms with van der Waals surface area (Å²) in [7, 11) is 0. The maximum Gasteiger partial charge on any atom is 0.152 e. The molecule has 1 aliphatic rings. The average molecular weight is 433 g/mol. The third kappa shape index (κ3) is 3.80. The first-order valence-electron chi connectivity index (χ1n) is 9.42. The van der Waals surface area contributed by atoms with Crippen LogP contribution in [0.4, 0.5) is 5.82 Å². The number of nitrogen functional groups attached to an aromatic ring is 1. The van der Waals surface area contributed by atoms with Crippen molar-refractivity contribution in [3.8, 4) is 0 Å². The van der Waals surface area contributed by atoms with Crippen LogP contribution in [0.25, 0.3) is 21.9 Å². The van der Waals surface area contributed by atoms with Gasteiger partial charge in [-0.25, -0.2) is 9.97 Å². The SMILES string of the molecule is CCOCc1nc2c(N)nc3cc(Br)ccc3c2n1CCN1CCNCC1. The maximum atomic E-state index is 6.26. The molecule has 27 heavy (non-hydrogen) atoms. The minimum Gasteiger partial charge on any atom is -0.382 e. The van der Waals surface area contributed by atoms with Gasteiger partial charge in [-0.1, -0.05) is 15.9 Å². The number of aromatic nitrogens is 3. The highest BCUT2D eigenvalue weighted by Gasteiger charge is 2.19. The van der Waals surface area contributed by atoms with Gasteiger partial charge in [-0.15, -0.1) is 0 Å². The van der Waals surface area contributed by atoms with Gasteiger partial charge in [0.05, 0.1) is 11.0 Å². The highest BCUT2D eigenvalue weighted by Crippen LogP contribution is 2.30. The summed E-state index contributed by atoms with van der Waals surface area (Å²) in [6.45, 7) is 9.20. The number of ether oxygens (including phenoxy) is 1. The molecule has 3 N–H and O–H groups in total. The molecule has 0 bridgehead atoms. The fourth-order valence-electron chi connectivity index (χ4n) is 3.65. The average Bonchev–Trinajstić information content (AvgIpc) is 3.04. The molecule has 8 heteroatoms. The number of hydrogen-bond donors (Lipinski definition) is 2. The van der Waals surface area contributed by atoms with Crippen LogP contribution in [0.15, 0.2) is 22.7 Å². The van der Waals surface area contributed by atoms with E-state index in [-0.39, 0.29) is 0 Å². The number of nitrogens with one attached hydrogen (secondary N) is 1. The van der Waals surface area contributed by atoms with E-state index in [2.05, 4.69) is 41.8 Å². The molecule has 2 aromatic heterocycles. The summed E-state index contributed by atoms with van der Waals surface area (Å²) >= 11 is 3.53. The molecule has 0 saturated carbocycles. The number of halogens is 1. The van der Waals surface area contributed by atoms with E-state index < -0.39 is 0 Å². The highest BCUT2D eigenvalue weighted by molar-refractivity contribution is 9.10. The quantitative estimate of drug-likeness (QED) is 0.622. The smallest absolute Gasteiger partial charge is 0.152 e. The van der Waals surface area contributed by atoms with Crippen molar-refractivity contribution >= 4 is 43.7 Å². The Labute approximate surface area is 167 Å². The monoisotopic (exact) mass is 432 g/mol. The number of pyridine rings is 1. The Bertz CT molecular complexity index is 950. The van der Waals surface area contributed by atoms with Gasteiger partial charge in [0.1, 0.15) is 17.9 Å². The molecular weight excluding hydrogens is 408 g/mol. The van der Waals surface area contributed by atoms with Crippen LogP contribution in [0.5, 0.6) is 0 Å². The van der Waals surface area contributed by atoms with Gasteiger partial charge in [0.25, 0.3) is 0 Å². The van der Waals surface area contributed by atoms with Gasteiger partial charge in [-0.05, 0) is 25.1 Å². The van der Waals surface area contributed by atoms with Crippen LogP contribution in [0.1, 0.15) is 12.7 Å². The second-order valence-corrected chi connectivity index (χ2v) is 7.68. The number of nitrogens with two attached hydrogens (primary N) is 1. The summed E-state index contributed by atoms with van der Waals surface area (Å²) in [5.41, 5.74) is 8.95. The number of hydrogen-bond acceptors (Lipinski definition) is 6. The molecule has 0 atom stereocenters. The Balaban J connectivity index is 1.80. The topological polar surface area (TPSA) is 81.2 Å². The van der Waals surface area contributed by atoms with Crippen LogP contribution in [-0.2, 0) is 17.9 Å². The molecule has 144 valence electrons. The largest absolute Gasteiger partial charge is 0.382 e. The van der Waals surface area contributed by atoms with Crippen molar-refractivity contribution in [1.82, 2.24) is 24.8 Å². The Hall–Kier alpha value is -1.74. The van der Waals surface area contributed by atoms with E-state index in [0.29, 0.717) is 19.0 Å². The van der Waals surface area contributed by atoms with Gasteiger partial charge in [-0.3, -0.25) is 4.90 Å². The Morgan fingerprint density at radius 3 is 2.81 bits per heavy atom. The van der Waals surface area contributed by atoms with Crippen molar-refractivity contribution < 1.29 is 4.74 Å². The number of piperazine rings is 1. The number of benzene rings is 1. The molecule has 0 radical (unpaired) electrons. The van der Waals surface area contributed by atoms with Crippen LogP contribution in [-0.4, -0.2) is 58.8 Å². The molecule has 1 aliphatic heterocycles. The number of imidazole rings is 1. The third-order valence-electron chi connectivity index (χ3n) is 5.03. The van der Waals surface area contributed by atoms with Gasteiger partial charge >= 0.3 is 0 Å². The third-order valence-corrected chi connectivity index (χ3v) is 5.52. The molecule has 0 spiro atoms. The normalized spacial score (nSPS) is 15.8. The number of rotatable bonds is 6. The number of anilines is 1. The van der Waals surface area contributed by atoms with E-state index in [1.165, 1.54) is 0 Å². The lowest BCUT2D eigenvalue weighted by atomic mass is 10.2. The molecular formula is C19H25BrN6O. The van der Waals surface area contributed by atoms with Crippen molar-refractivity contribution in [1.29, 1.82) is 0 Å². The molecule has 3 heterocycles. The van der Waals surface area contributed by atoms with E-state index in [0.717, 1.165) is 71.5 Å². The number of nitrogens with zero attached hydrogens (tertiary/aromatic N) is 4. The first-order chi connectivity index (χ1) is 13.2. The molecule has 1 saturated heterocycles.